The van der Waals surface area contributed by atoms with E-state index in [1.54, 1.807) is 0 Å². The van der Waals surface area contributed by atoms with Crippen molar-refractivity contribution in [3.8, 4) is 34.2 Å². The average molecular weight is 438 g/mol. The van der Waals surface area contributed by atoms with Gasteiger partial charge in [0.1, 0.15) is 11.8 Å². The molecule has 0 aliphatic carbocycles. The predicted molar refractivity (Wildman–Crippen MR) is 133 cm³/mol. The number of H-pyrrole nitrogens is 1. The summed E-state index contributed by atoms with van der Waals surface area (Å²) in [6.45, 7) is 7.35. The van der Waals surface area contributed by atoms with E-state index in [1.165, 1.54) is 5.69 Å². The van der Waals surface area contributed by atoms with Crippen LogP contribution >= 0.6 is 0 Å². The van der Waals surface area contributed by atoms with Gasteiger partial charge in [0, 0.05) is 35.4 Å². The number of benzene rings is 3. The van der Waals surface area contributed by atoms with Gasteiger partial charge in [-0.05, 0) is 66.9 Å². The number of aromatic nitrogens is 1. The molecule has 2 heterocycles. The van der Waals surface area contributed by atoms with E-state index in [0.29, 0.717) is 11.3 Å². The number of ether oxygens (including phenoxy) is 2. The predicted octanol–water partition coefficient (Wildman–Crippen LogP) is 6.00. The van der Waals surface area contributed by atoms with Crippen molar-refractivity contribution in [1.82, 2.24) is 4.98 Å². The summed E-state index contributed by atoms with van der Waals surface area (Å²) >= 11 is 0. The summed E-state index contributed by atoms with van der Waals surface area (Å²) in [7, 11) is 0. The van der Waals surface area contributed by atoms with E-state index in [-0.39, 0.29) is 6.10 Å². The lowest BCUT2D eigenvalue weighted by Crippen LogP contribution is -2.36. The lowest BCUT2D eigenvalue weighted by Gasteiger charge is -2.28. The molecule has 1 N–H and O–H groups in total. The van der Waals surface area contributed by atoms with Gasteiger partial charge in [-0.15, -0.1) is 0 Å². The van der Waals surface area contributed by atoms with Crippen molar-refractivity contribution in [3.63, 3.8) is 0 Å². The molecule has 0 unspecified atom stereocenters. The molecule has 3 aromatic carbocycles. The molecule has 0 saturated carbocycles. The lowest BCUT2D eigenvalue weighted by molar-refractivity contribution is 0.122. The standard InChI is InChI=1S/C28H27N3O2/c1-19(2)33-28-11-8-21(16-22(28)18-29)24-4-3-5-26-25(24)17-27(30-26)20-6-9-23(10-7-20)31-12-14-32-15-13-31/h3-11,16-17,19,30H,12-15H2,1-2H3. The number of anilines is 1. The number of nitrogens with zero attached hydrogens (tertiary/aromatic N) is 2. The summed E-state index contributed by atoms with van der Waals surface area (Å²) in [5.74, 6) is 0.624. The molecule has 0 atom stereocenters. The van der Waals surface area contributed by atoms with Gasteiger partial charge >= 0.3 is 0 Å². The second-order valence-electron chi connectivity index (χ2n) is 8.59. The van der Waals surface area contributed by atoms with Gasteiger partial charge in [0.2, 0.25) is 0 Å². The molecule has 0 spiro atoms. The largest absolute Gasteiger partial charge is 0.490 e. The second kappa shape index (κ2) is 9.01. The van der Waals surface area contributed by atoms with Gasteiger partial charge in [-0.2, -0.15) is 5.26 Å². The Kier molecular flexibility index (Phi) is 5.77. The number of aromatic amines is 1. The molecule has 0 amide bonds. The van der Waals surface area contributed by atoms with Gasteiger partial charge in [-0.3, -0.25) is 0 Å². The summed E-state index contributed by atoms with van der Waals surface area (Å²) in [5.41, 5.74) is 7.16. The molecular formula is C28H27N3O2. The highest BCUT2D eigenvalue weighted by molar-refractivity contribution is 5.98. The van der Waals surface area contributed by atoms with Crippen molar-refractivity contribution in [2.45, 2.75) is 20.0 Å². The normalized spacial score (nSPS) is 13.9. The maximum Gasteiger partial charge on any atom is 0.137 e. The Balaban J connectivity index is 1.48. The topological polar surface area (TPSA) is 61.3 Å². The third kappa shape index (κ3) is 4.30. The Bertz CT molecular complexity index is 1310. The highest BCUT2D eigenvalue weighted by Crippen LogP contribution is 2.35. The van der Waals surface area contributed by atoms with E-state index in [0.717, 1.165) is 59.6 Å². The van der Waals surface area contributed by atoms with Crippen molar-refractivity contribution in [2.24, 2.45) is 0 Å². The number of hydrogen-bond donors (Lipinski definition) is 1. The highest BCUT2D eigenvalue weighted by atomic mass is 16.5. The quantitative estimate of drug-likeness (QED) is 0.416. The number of hydrogen-bond acceptors (Lipinski definition) is 4. The first-order valence-corrected chi connectivity index (χ1v) is 11.4. The van der Waals surface area contributed by atoms with E-state index in [4.69, 9.17) is 9.47 Å². The highest BCUT2D eigenvalue weighted by Gasteiger charge is 2.14. The molecule has 5 heteroatoms. The van der Waals surface area contributed by atoms with Crippen LogP contribution in [-0.4, -0.2) is 37.4 Å². The van der Waals surface area contributed by atoms with Crippen LogP contribution < -0.4 is 9.64 Å². The van der Waals surface area contributed by atoms with E-state index in [2.05, 4.69) is 58.4 Å². The van der Waals surface area contributed by atoms with Gasteiger partial charge in [-0.25, -0.2) is 0 Å². The second-order valence-corrected chi connectivity index (χ2v) is 8.59. The van der Waals surface area contributed by atoms with Crippen LogP contribution in [0.4, 0.5) is 5.69 Å². The third-order valence-electron chi connectivity index (χ3n) is 5.99. The molecule has 5 rings (SSSR count). The first-order valence-electron chi connectivity index (χ1n) is 11.4. The zero-order valence-electron chi connectivity index (χ0n) is 19.0. The fourth-order valence-corrected chi connectivity index (χ4v) is 4.38. The van der Waals surface area contributed by atoms with E-state index in [9.17, 15) is 5.26 Å². The van der Waals surface area contributed by atoms with Crippen molar-refractivity contribution >= 4 is 16.6 Å². The molecular weight excluding hydrogens is 410 g/mol. The van der Waals surface area contributed by atoms with Gasteiger partial charge in [-0.1, -0.05) is 30.3 Å². The molecule has 1 aliphatic rings. The zero-order chi connectivity index (χ0) is 22.8. The Morgan fingerprint density at radius 3 is 2.45 bits per heavy atom. The Hall–Kier alpha value is -3.75. The van der Waals surface area contributed by atoms with Crippen LogP contribution in [0.2, 0.25) is 0 Å². The SMILES string of the molecule is CC(C)Oc1ccc(-c2cccc3[nH]c(-c4ccc(N5CCOCC5)cc4)cc23)cc1C#N. The molecule has 1 aliphatic heterocycles. The molecule has 5 nitrogen and oxygen atoms in total. The molecule has 4 aromatic rings. The minimum absolute atomic E-state index is 0.0215. The van der Waals surface area contributed by atoms with Crippen LogP contribution in [0.1, 0.15) is 19.4 Å². The molecule has 1 saturated heterocycles. The third-order valence-corrected chi connectivity index (χ3v) is 5.99. The van der Waals surface area contributed by atoms with Crippen LogP contribution in [0.3, 0.4) is 0 Å². The average Bonchev–Trinajstić information content (AvgIpc) is 3.29. The van der Waals surface area contributed by atoms with E-state index >= 15 is 0 Å². The van der Waals surface area contributed by atoms with Crippen molar-refractivity contribution in [3.05, 3.63) is 72.3 Å². The van der Waals surface area contributed by atoms with E-state index in [1.807, 2.05) is 38.1 Å². The summed E-state index contributed by atoms with van der Waals surface area (Å²) in [6, 6.07) is 25.2. The zero-order valence-corrected chi connectivity index (χ0v) is 19.0. The van der Waals surface area contributed by atoms with Crippen LogP contribution in [-0.2, 0) is 4.74 Å². The van der Waals surface area contributed by atoms with Crippen molar-refractivity contribution in [2.75, 3.05) is 31.2 Å². The minimum atomic E-state index is 0.0215. The number of morpholine rings is 1. The van der Waals surface area contributed by atoms with E-state index < -0.39 is 0 Å². The van der Waals surface area contributed by atoms with Crippen LogP contribution in [0.15, 0.2) is 66.7 Å². The smallest absolute Gasteiger partial charge is 0.137 e. The summed E-state index contributed by atoms with van der Waals surface area (Å²) in [4.78, 5) is 5.92. The molecule has 33 heavy (non-hydrogen) atoms. The van der Waals surface area contributed by atoms with Gasteiger partial charge in [0.05, 0.1) is 24.9 Å². The summed E-state index contributed by atoms with van der Waals surface area (Å²) in [6.07, 6.45) is 0.0215. The maximum atomic E-state index is 9.64. The fourth-order valence-electron chi connectivity index (χ4n) is 4.38. The summed E-state index contributed by atoms with van der Waals surface area (Å²) < 4.78 is 11.3. The molecule has 0 bridgehead atoms. The van der Waals surface area contributed by atoms with Crippen LogP contribution in [0, 0.1) is 11.3 Å². The Morgan fingerprint density at radius 1 is 0.970 bits per heavy atom. The monoisotopic (exact) mass is 437 g/mol. The van der Waals surface area contributed by atoms with Gasteiger partial charge in [0.15, 0.2) is 0 Å². The molecule has 166 valence electrons. The Labute approximate surface area is 194 Å². The lowest BCUT2D eigenvalue weighted by atomic mass is 9.99. The van der Waals surface area contributed by atoms with Crippen molar-refractivity contribution in [1.29, 1.82) is 5.26 Å². The Morgan fingerprint density at radius 2 is 1.73 bits per heavy atom. The molecule has 1 aromatic heterocycles. The molecule has 1 fully saturated rings. The van der Waals surface area contributed by atoms with Gasteiger partial charge < -0.3 is 19.4 Å². The summed E-state index contributed by atoms with van der Waals surface area (Å²) in [5, 5.41) is 10.8. The van der Waals surface area contributed by atoms with Crippen LogP contribution in [0.5, 0.6) is 5.75 Å². The number of nitriles is 1. The maximum absolute atomic E-state index is 9.64. The van der Waals surface area contributed by atoms with Crippen molar-refractivity contribution < 1.29 is 9.47 Å². The number of fused-ring (bicyclic) bond motifs is 1. The van der Waals surface area contributed by atoms with Gasteiger partial charge in [0.25, 0.3) is 0 Å². The minimum Gasteiger partial charge on any atom is -0.490 e. The first kappa shape index (κ1) is 21.1. The number of rotatable bonds is 5. The first-order chi connectivity index (χ1) is 16.1. The number of nitrogens with one attached hydrogen (secondary N) is 1. The molecule has 0 radical (unpaired) electrons. The van der Waals surface area contributed by atoms with Crippen LogP contribution in [0.25, 0.3) is 33.3 Å². The fraction of sp³-hybridized carbons (Fsp3) is 0.250.